The number of thiophene rings is 1. The maximum Gasteiger partial charge on any atom is 0.257 e. The molecular weight excluding hydrogens is 420 g/mol. The molecule has 0 saturated carbocycles. The average molecular weight is 441 g/mol. The number of nitrogens with two attached hydrogens (primary N) is 1. The van der Waals surface area contributed by atoms with Crippen LogP contribution in [0, 0.1) is 6.92 Å². The Bertz CT molecular complexity index is 1470. The van der Waals surface area contributed by atoms with E-state index in [1.165, 1.54) is 4.68 Å². The highest BCUT2D eigenvalue weighted by molar-refractivity contribution is 7.09. The Balaban J connectivity index is 1.62. The normalized spacial score (nSPS) is 11.5. The molecule has 3 heterocycles. The van der Waals surface area contributed by atoms with Crippen LogP contribution in [0.4, 0.5) is 5.82 Å². The van der Waals surface area contributed by atoms with E-state index in [1.807, 2.05) is 73.0 Å². The SMILES string of the molecule is Cc1cccc(/C=N\n2c(N)c(C(=O)NCc3cccs3)c3nc4ccccc4nc32)c1. The van der Waals surface area contributed by atoms with Gasteiger partial charge in [0.15, 0.2) is 5.65 Å². The second-order valence-corrected chi connectivity index (χ2v) is 8.41. The fourth-order valence-corrected chi connectivity index (χ4v) is 4.18. The predicted octanol–water partition coefficient (Wildman–Crippen LogP) is 4.35. The highest BCUT2D eigenvalue weighted by Crippen LogP contribution is 2.28. The molecule has 3 aromatic heterocycles. The largest absolute Gasteiger partial charge is 0.383 e. The third-order valence-corrected chi connectivity index (χ3v) is 5.95. The molecule has 8 heteroatoms. The Morgan fingerprint density at radius 1 is 1.12 bits per heavy atom. The van der Waals surface area contributed by atoms with Crippen molar-refractivity contribution in [2.24, 2.45) is 5.10 Å². The molecule has 3 N–H and O–H groups in total. The van der Waals surface area contributed by atoms with Gasteiger partial charge in [-0.2, -0.15) is 9.78 Å². The first-order valence-electron chi connectivity index (χ1n) is 10.1. The van der Waals surface area contributed by atoms with E-state index in [-0.39, 0.29) is 17.3 Å². The number of aryl methyl sites for hydroxylation is 1. The topological polar surface area (TPSA) is 98.2 Å². The van der Waals surface area contributed by atoms with Gasteiger partial charge in [0.05, 0.1) is 23.8 Å². The molecule has 0 aliphatic heterocycles. The first kappa shape index (κ1) is 19.9. The predicted molar refractivity (Wildman–Crippen MR) is 129 cm³/mol. The van der Waals surface area contributed by atoms with Gasteiger partial charge in [-0.15, -0.1) is 11.3 Å². The quantitative estimate of drug-likeness (QED) is 0.397. The molecule has 5 aromatic rings. The van der Waals surface area contributed by atoms with E-state index >= 15 is 0 Å². The van der Waals surface area contributed by atoms with Crippen LogP contribution in [0.3, 0.4) is 0 Å². The van der Waals surface area contributed by atoms with E-state index in [1.54, 1.807) is 17.6 Å². The van der Waals surface area contributed by atoms with Gasteiger partial charge in [-0.05, 0) is 36.1 Å². The molecule has 158 valence electrons. The van der Waals surface area contributed by atoms with Crippen molar-refractivity contribution in [3.8, 4) is 0 Å². The first-order valence-corrected chi connectivity index (χ1v) is 11.0. The number of para-hydroxylation sites is 2. The summed E-state index contributed by atoms with van der Waals surface area (Å²) in [6.07, 6.45) is 1.70. The lowest BCUT2D eigenvalue weighted by molar-refractivity contribution is 0.0953. The molecule has 1 amide bonds. The van der Waals surface area contributed by atoms with Crippen LogP contribution < -0.4 is 11.1 Å². The van der Waals surface area contributed by atoms with E-state index in [0.29, 0.717) is 28.7 Å². The molecular formula is C24H20N6OS. The lowest BCUT2D eigenvalue weighted by Crippen LogP contribution is -2.23. The molecule has 0 saturated heterocycles. The number of amides is 1. The number of benzene rings is 2. The summed E-state index contributed by atoms with van der Waals surface area (Å²) in [5, 5.41) is 9.46. The zero-order chi connectivity index (χ0) is 22.1. The Morgan fingerprint density at radius 2 is 1.94 bits per heavy atom. The lowest BCUT2D eigenvalue weighted by atomic mass is 10.2. The molecule has 7 nitrogen and oxygen atoms in total. The summed E-state index contributed by atoms with van der Waals surface area (Å²) in [4.78, 5) is 23.6. The number of hydrogen-bond donors (Lipinski definition) is 2. The van der Waals surface area contributed by atoms with Crippen LogP contribution in [-0.4, -0.2) is 26.8 Å². The summed E-state index contributed by atoms with van der Waals surface area (Å²) in [6.45, 7) is 2.43. The number of carbonyl (C=O) groups is 1. The summed E-state index contributed by atoms with van der Waals surface area (Å²) >= 11 is 1.58. The number of carbonyl (C=O) groups excluding carboxylic acids is 1. The van der Waals surface area contributed by atoms with Crippen LogP contribution in [0.5, 0.6) is 0 Å². The number of nitrogen functional groups attached to an aromatic ring is 1. The highest BCUT2D eigenvalue weighted by Gasteiger charge is 2.24. The second-order valence-electron chi connectivity index (χ2n) is 7.38. The molecule has 0 aliphatic rings. The van der Waals surface area contributed by atoms with Crippen LogP contribution in [0.15, 0.2) is 71.1 Å². The molecule has 0 unspecified atom stereocenters. The van der Waals surface area contributed by atoms with E-state index in [0.717, 1.165) is 16.0 Å². The zero-order valence-corrected chi connectivity index (χ0v) is 18.1. The van der Waals surface area contributed by atoms with Crippen molar-refractivity contribution in [3.63, 3.8) is 0 Å². The zero-order valence-electron chi connectivity index (χ0n) is 17.3. The van der Waals surface area contributed by atoms with Crippen LogP contribution in [-0.2, 0) is 6.54 Å². The van der Waals surface area contributed by atoms with Crippen molar-refractivity contribution in [1.29, 1.82) is 0 Å². The van der Waals surface area contributed by atoms with Crippen molar-refractivity contribution >= 4 is 51.5 Å². The van der Waals surface area contributed by atoms with Crippen molar-refractivity contribution in [2.45, 2.75) is 13.5 Å². The van der Waals surface area contributed by atoms with Crippen molar-refractivity contribution in [3.05, 3.63) is 87.6 Å². The van der Waals surface area contributed by atoms with Gasteiger partial charge in [0, 0.05) is 4.88 Å². The minimum Gasteiger partial charge on any atom is -0.383 e. The van der Waals surface area contributed by atoms with Crippen LogP contribution in [0.25, 0.3) is 22.2 Å². The number of hydrogen-bond acceptors (Lipinski definition) is 6. The van der Waals surface area contributed by atoms with Gasteiger partial charge < -0.3 is 11.1 Å². The van der Waals surface area contributed by atoms with Gasteiger partial charge in [-0.1, -0.05) is 48.0 Å². The van der Waals surface area contributed by atoms with E-state index in [2.05, 4.69) is 10.4 Å². The molecule has 32 heavy (non-hydrogen) atoms. The smallest absolute Gasteiger partial charge is 0.257 e. The van der Waals surface area contributed by atoms with Crippen LogP contribution in [0.2, 0.25) is 0 Å². The van der Waals surface area contributed by atoms with Gasteiger partial charge in [0.2, 0.25) is 0 Å². The third-order valence-electron chi connectivity index (χ3n) is 5.07. The third kappa shape index (κ3) is 3.72. The summed E-state index contributed by atoms with van der Waals surface area (Å²) in [5.74, 6) is -0.113. The number of rotatable bonds is 5. The molecule has 0 atom stereocenters. The lowest BCUT2D eigenvalue weighted by Gasteiger charge is -2.04. The van der Waals surface area contributed by atoms with Gasteiger partial charge in [0.25, 0.3) is 5.91 Å². The standard InChI is InChI=1S/C24H20N6OS/c1-15-6-4-7-16(12-15)13-27-30-22(25)20(24(31)26-14-17-8-5-11-32-17)21-23(30)29-19-10-3-2-9-18(19)28-21/h2-13H,14,25H2,1H3,(H,26,31)/b27-13-. The summed E-state index contributed by atoms with van der Waals surface area (Å²) < 4.78 is 1.48. The number of anilines is 1. The monoisotopic (exact) mass is 440 g/mol. The van der Waals surface area contributed by atoms with Crippen molar-refractivity contribution in [1.82, 2.24) is 20.0 Å². The molecule has 0 fully saturated rings. The Labute approximate surface area is 188 Å². The van der Waals surface area contributed by atoms with Crippen LogP contribution >= 0.6 is 11.3 Å². The van der Waals surface area contributed by atoms with Crippen LogP contribution in [0.1, 0.15) is 26.4 Å². The fourth-order valence-electron chi connectivity index (χ4n) is 3.53. The van der Waals surface area contributed by atoms with E-state index in [4.69, 9.17) is 15.7 Å². The molecule has 0 spiro atoms. The number of nitrogens with zero attached hydrogens (tertiary/aromatic N) is 4. The number of nitrogens with one attached hydrogen (secondary N) is 1. The van der Waals surface area contributed by atoms with Gasteiger partial charge >= 0.3 is 0 Å². The molecule has 5 rings (SSSR count). The molecule has 0 bridgehead atoms. The minimum absolute atomic E-state index is 0.197. The van der Waals surface area contributed by atoms with Crippen molar-refractivity contribution < 1.29 is 4.79 Å². The average Bonchev–Trinajstić information content (AvgIpc) is 3.40. The molecule has 0 aliphatic carbocycles. The van der Waals surface area contributed by atoms with E-state index in [9.17, 15) is 4.79 Å². The van der Waals surface area contributed by atoms with Crippen molar-refractivity contribution in [2.75, 3.05) is 5.73 Å². The van der Waals surface area contributed by atoms with E-state index < -0.39 is 0 Å². The van der Waals surface area contributed by atoms with Gasteiger partial charge in [-0.3, -0.25) is 4.79 Å². The van der Waals surface area contributed by atoms with Gasteiger partial charge in [-0.25, -0.2) is 9.97 Å². The van der Waals surface area contributed by atoms with Gasteiger partial charge in [0.1, 0.15) is 16.9 Å². The second kappa shape index (κ2) is 8.24. The number of aromatic nitrogens is 3. The number of fused-ring (bicyclic) bond motifs is 2. The highest BCUT2D eigenvalue weighted by atomic mass is 32.1. The summed E-state index contributed by atoms with van der Waals surface area (Å²) in [5.41, 5.74) is 11.0. The first-order chi connectivity index (χ1) is 15.6. The summed E-state index contributed by atoms with van der Waals surface area (Å²) in [6, 6.07) is 19.4. The Morgan fingerprint density at radius 3 is 2.69 bits per heavy atom. The Kier molecular flexibility index (Phi) is 5.12. The minimum atomic E-state index is -0.310. The molecule has 0 radical (unpaired) electrons. The Hall–Kier alpha value is -4.04. The molecule has 2 aromatic carbocycles. The maximum atomic E-state index is 13.1. The maximum absolute atomic E-state index is 13.1. The summed E-state index contributed by atoms with van der Waals surface area (Å²) in [7, 11) is 0. The fraction of sp³-hybridized carbons (Fsp3) is 0.0833.